The van der Waals surface area contributed by atoms with Crippen molar-refractivity contribution in [2.45, 2.75) is 43.4 Å². The van der Waals surface area contributed by atoms with Gasteiger partial charge in [0.1, 0.15) is 0 Å². The molecule has 16 heteroatoms. The molecule has 6 radical (unpaired) electrons. The fraction of sp³-hybridized carbons (Fsp3) is 0.467. The fourth-order valence-electron chi connectivity index (χ4n) is 2.61. The van der Waals surface area contributed by atoms with E-state index in [1.807, 2.05) is 0 Å². The van der Waals surface area contributed by atoms with Gasteiger partial charge in [-0.1, -0.05) is 25.0 Å². The first-order chi connectivity index (χ1) is 14.0. The molecule has 1 rings (SSSR count). The Morgan fingerprint density at radius 3 is 1.97 bits per heavy atom. The molecule has 0 fully saturated rings. The molecule has 0 heterocycles. The monoisotopic (exact) mass is 463 g/mol. The van der Waals surface area contributed by atoms with Crippen LogP contribution in [0.1, 0.15) is 34.0 Å². The summed E-state index contributed by atoms with van der Waals surface area (Å²) in [5, 5.41) is -3.65. The van der Waals surface area contributed by atoms with E-state index in [1.165, 1.54) is 0 Å². The first kappa shape index (κ1) is 26.9. The number of ether oxygens (including phenoxy) is 1. The first-order valence-electron chi connectivity index (χ1n) is 8.20. The SMILES string of the molecule is [B]Cc1cc(C[B])c(C(=O)OC(C(F)(F)F)C(F)(F)S(=O)(=O)O)c(C[B])c1NC(C)=O. The van der Waals surface area contributed by atoms with Crippen LogP contribution >= 0.6 is 0 Å². The lowest BCUT2D eigenvalue weighted by Gasteiger charge is -2.27. The number of carbonyl (C=O) groups is 2. The average Bonchev–Trinajstić information content (AvgIpc) is 2.62. The molecule has 1 amide bonds. The van der Waals surface area contributed by atoms with Crippen molar-refractivity contribution in [1.29, 1.82) is 0 Å². The van der Waals surface area contributed by atoms with Crippen LogP contribution in [-0.4, -0.2) is 65.9 Å². The number of hydrogen-bond acceptors (Lipinski definition) is 5. The first-order valence-corrected chi connectivity index (χ1v) is 9.64. The number of nitrogens with one attached hydrogen (secondary N) is 1. The van der Waals surface area contributed by atoms with Crippen molar-refractivity contribution in [3.05, 3.63) is 28.3 Å². The highest BCUT2D eigenvalue weighted by Crippen LogP contribution is 2.39. The zero-order valence-electron chi connectivity index (χ0n) is 15.8. The molecule has 1 aromatic rings. The third-order valence-corrected chi connectivity index (χ3v) is 4.82. The molecule has 0 saturated carbocycles. The van der Waals surface area contributed by atoms with Crippen LogP contribution < -0.4 is 5.32 Å². The quantitative estimate of drug-likeness (QED) is 0.260. The van der Waals surface area contributed by atoms with Gasteiger partial charge in [0.15, 0.2) is 0 Å². The average molecular weight is 463 g/mol. The van der Waals surface area contributed by atoms with Crippen molar-refractivity contribution >= 4 is 51.2 Å². The van der Waals surface area contributed by atoms with Crippen molar-refractivity contribution < 1.29 is 49.2 Å². The topological polar surface area (TPSA) is 110 Å². The normalized spacial score (nSPS) is 13.5. The van der Waals surface area contributed by atoms with Crippen molar-refractivity contribution in [2.24, 2.45) is 0 Å². The molecular weight excluding hydrogens is 450 g/mol. The molecule has 2 N–H and O–H groups in total. The number of alkyl halides is 5. The molecule has 0 bridgehead atoms. The predicted molar refractivity (Wildman–Crippen MR) is 101 cm³/mol. The van der Waals surface area contributed by atoms with Crippen molar-refractivity contribution in [3.63, 3.8) is 0 Å². The summed E-state index contributed by atoms with van der Waals surface area (Å²) in [4.78, 5) is 23.9. The van der Waals surface area contributed by atoms with Gasteiger partial charge in [-0.25, -0.2) is 4.79 Å². The molecule has 1 unspecified atom stereocenters. The summed E-state index contributed by atoms with van der Waals surface area (Å²) in [5.41, 5.74) is -1.36. The summed E-state index contributed by atoms with van der Waals surface area (Å²) in [6, 6.07) is 1.12. The standard InChI is InChI=1S/C15H13B3F5NO6S/c1-6(25)24-11-8(4-17)2-7(3-16)10(9(11)5-18)12(26)30-13(14(19,20)21)15(22,23)31(27,28)29/h2,13H,3-5H2,1H3,(H,24,25)(H,27,28,29). The number of anilines is 1. The van der Waals surface area contributed by atoms with Gasteiger partial charge in [-0.05, 0) is 16.7 Å². The highest BCUT2D eigenvalue weighted by Gasteiger charge is 2.66. The van der Waals surface area contributed by atoms with Gasteiger partial charge in [0.25, 0.3) is 6.10 Å². The predicted octanol–water partition coefficient (Wildman–Crippen LogP) is 1.22. The Morgan fingerprint density at radius 1 is 1.10 bits per heavy atom. The van der Waals surface area contributed by atoms with Crippen LogP contribution in [0.2, 0.25) is 0 Å². The Balaban J connectivity index is 3.72. The smallest absolute Gasteiger partial charge is 0.432 e. The zero-order valence-corrected chi connectivity index (χ0v) is 16.6. The third kappa shape index (κ3) is 5.79. The molecular formula is C15H13B3F5NO6S. The number of benzene rings is 1. The van der Waals surface area contributed by atoms with E-state index in [2.05, 4.69) is 10.1 Å². The third-order valence-electron chi connectivity index (χ3n) is 3.91. The van der Waals surface area contributed by atoms with Crippen molar-refractivity contribution in [3.8, 4) is 0 Å². The summed E-state index contributed by atoms with van der Waals surface area (Å²) >= 11 is 0. The van der Waals surface area contributed by atoms with Crippen LogP contribution in [0.15, 0.2) is 6.07 Å². The number of carbonyl (C=O) groups excluding carboxylic acids is 2. The number of esters is 1. The second-order valence-corrected chi connectivity index (χ2v) is 7.58. The minimum Gasteiger partial charge on any atom is -0.441 e. The molecule has 164 valence electrons. The Morgan fingerprint density at radius 2 is 1.61 bits per heavy atom. The summed E-state index contributed by atoms with van der Waals surface area (Å²) < 4.78 is 101. The highest BCUT2D eigenvalue weighted by atomic mass is 32.2. The van der Waals surface area contributed by atoms with E-state index in [-0.39, 0.29) is 28.7 Å². The minimum atomic E-state index is -6.63. The minimum absolute atomic E-state index is 0.170. The van der Waals surface area contributed by atoms with Crippen molar-refractivity contribution in [1.82, 2.24) is 0 Å². The van der Waals surface area contributed by atoms with E-state index in [0.717, 1.165) is 13.0 Å². The zero-order chi connectivity index (χ0) is 24.4. The lowest BCUT2D eigenvalue weighted by Crippen LogP contribution is -2.52. The van der Waals surface area contributed by atoms with Crippen LogP contribution in [0, 0.1) is 0 Å². The lowest BCUT2D eigenvalue weighted by atomic mass is 9.80. The molecule has 0 aliphatic heterocycles. The molecule has 0 spiro atoms. The van der Waals surface area contributed by atoms with Gasteiger partial charge in [-0.15, -0.1) is 0 Å². The maximum absolute atomic E-state index is 13.7. The molecule has 0 saturated heterocycles. The largest absolute Gasteiger partial charge is 0.441 e. The van der Waals surface area contributed by atoms with Crippen LogP contribution in [0.4, 0.5) is 27.6 Å². The Kier molecular flexibility index (Phi) is 8.34. The second-order valence-electron chi connectivity index (χ2n) is 6.08. The molecule has 31 heavy (non-hydrogen) atoms. The van der Waals surface area contributed by atoms with E-state index in [9.17, 15) is 40.0 Å². The molecule has 0 aliphatic carbocycles. The van der Waals surface area contributed by atoms with E-state index >= 15 is 0 Å². The molecule has 1 aromatic carbocycles. The van der Waals surface area contributed by atoms with Gasteiger partial charge < -0.3 is 10.1 Å². The molecule has 0 aromatic heterocycles. The van der Waals surface area contributed by atoms with Gasteiger partial charge >= 0.3 is 27.5 Å². The van der Waals surface area contributed by atoms with E-state index in [1.54, 1.807) is 0 Å². The summed E-state index contributed by atoms with van der Waals surface area (Å²) in [6.45, 7) is 1.06. The maximum atomic E-state index is 13.7. The van der Waals surface area contributed by atoms with Gasteiger partial charge in [0.2, 0.25) is 5.91 Å². The highest BCUT2D eigenvalue weighted by molar-refractivity contribution is 7.86. The van der Waals surface area contributed by atoms with Crippen LogP contribution in [0.5, 0.6) is 0 Å². The summed E-state index contributed by atoms with van der Waals surface area (Å²) in [5.74, 6) is -2.75. The molecule has 0 aliphatic rings. The van der Waals surface area contributed by atoms with Crippen LogP contribution in [0.3, 0.4) is 0 Å². The van der Waals surface area contributed by atoms with Gasteiger partial charge in [0, 0.05) is 12.6 Å². The Bertz CT molecular complexity index is 971. The Labute approximate surface area is 178 Å². The lowest BCUT2D eigenvalue weighted by molar-refractivity contribution is -0.248. The van der Waals surface area contributed by atoms with Crippen LogP contribution in [-0.2, 0) is 38.6 Å². The van der Waals surface area contributed by atoms with E-state index < -0.39 is 57.7 Å². The maximum Gasteiger partial charge on any atom is 0.432 e. The number of hydrogen-bond donors (Lipinski definition) is 2. The summed E-state index contributed by atoms with van der Waals surface area (Å²) in [6.07, 6.45) is -12.0. The van der Waals surface area contributed by atoms with E-state index in [4.69, 9.17) is 28.1 Å². The Hall–Kier alpha value is -2.09. The van der Waals surface area contributed by atoms with Crippen LogP contribution in [0.25, 0.3) is 0 Å². The fourth-order valence-corrected chi connectivity index (χ4v) is 3.06. The summed E-state index contributed by atoms with van der Waals surface area (Å²) in [7, 11) is 9.93. The molecule has 1 atom stereocenters. The van der Waals surface area contributed by atoms with Crippen molar-refractivity contribution in [2.75, 3.05) is 5.32 Å². The van der Waals surface area contributed by atoms with Gasteiger partial charge in [-0.2, -0.15) is 30.4 Å². The van der Waals surface area contributed by atoms with E-state index in [0.29, 0.717) is 0 Å². The van der Waals surface area contributed by atoms with Gasteiger partial charge in [-0.3, -0.25) is 9.35 Å². The number of amides is 1. The number of halogens is 5. The number of rotatable bonds is 8. The molecule has 7 nitrogen and oxygen atoms in total. The second kappa shape index (κ2) is 9.59. The van der Waals surface area contributed by atoms with Gasteiger partial charge in [0.05, 0.1) is 29.1 Å².